The topological polar surface area (TPSA) is 86.7 Å². The molecule has 6 nitrogen and oxygen atoms in total. The fourth-order valence-corrected chi connectivity index (χ4v) is 3.43. The highest BCUT2D eigenvalue weighted by molar-refractivity contribution is 7.87. The zero-order valence-corrected chi connectivity index (χ0v) is 14.2. The van der Waals surface area contributed by atoms with Crippen molar-refractivity contribution >= 4 is 20.2 Å². The molecule has 0 aliphatic rings. The first-order valence-electron chi connectivity index (χ1n) is 6.44. The molecule has 0 spiro atoms. The molecule has 148 valence electrons. The van der Waals surface area contributed by atoms with Gasteiger partial charge in [-0.3, -0.25) is 0 Å². The van der Waals surface area contributed by atoms with Crippen LogP contribution in [0, 0.1) is 34.9 Å². The first kappa shape index (κ1) is 21.1. The molecule has 2 aromatic rings. The molecule has 0 aliphatic heterocycles. The summed E-state index contributed by atoms with van der Waals surface area (Å²) in [6.45, 7) is -1.69. The number of hydrogen-bond acceptors (Lipinski definition) is 6. The minimum absolute atomic E-state index is 0.267. The first-order valence-corrected chi connectivity index (χ1v) is 9.26. The molecule has 14 heteroatoms. The van der Waals surface area contributed by atoms with Gasteiger partial charge in [-0.1, -0.05) is 0 Å². The Labute approximate surface area is 148 Å². The molecule has 0 atom stereocenters. The molecule has 0 N–H and O–H groups in total. The fourth-order valence-electron chi connectivity index (χ4n) is 1.68. The van der Waals surface area contributed by atoms with Crippen LogP contribution < -0.4 is 0 Å². The lowest BCUT2D eigenvalue weighted by atomic mass is 10.3. The van der Waals surface area contributed by atoms with E-state index in [2.05, 4.69) is 8.37 Å². The van der Waals surface area contributed by atoms with Crippen molar-refractivity contribution in [2.24, 2.45) is 0 Å². The van der Waals surface area contributed by atoms with Crippen molar-refractivity contribution in [3.8, 4) is 0 Å². The molecule has 0 aliphatic carbocycles. The predicted molar refractivity (Wildman–Crippen MR) is 74.0 cm³/mol. The number of halogens is 6. The van der Waals surface area contributed by atoms with Gasteiger partial charge in [-0.05, 0) is 24.3 Å². The maximum Gasteiger partial charge on any atom is 0.302 e. The molecule has 0 fully saturated rings. The minimum atomic E-state index is -5.16. The molecule has 0 radical (unpaired) electrons. The van der Waals surface area contributed by atoms with Gasteiger partial charge in [0.1, 0.15) is 9.79 Å². The van der Waals surface area contributed by atoms with Gasteiger partial charge in [-0.15, -0.1) is 0 Å². The Balaban J connectivity index is 2.20. The van der Waals surface area contributed by atoms with Crippen LogP contribution in [0.5, 0.6) is 0 Å². The summed E-state index contributed by atoms with van der Waals surface area (Å²) in [5.74, 6) is -11.9. The van der Waals surface area contributed by atoms with Crippen LogP contribution in [0.3, 0.4) is 0 Å². The molecule has 0 heterocycles. The monoisotopic (exact) mass is 436 g/mol. The van der Waals surface area contributed by atoms with Gasteiger partial charge in [0.25, 0.3) is 0 Å². The molecular weight excluding hydrogens is 430 g/mol. The summed E-state index contributed by atoms with van der Waals surface area (Å²) in [4.78, 5) is -2.94. The normalized spacial score (nSPS) is 12.4. The van der Waals surface area contributed by atoms with E-state index in [1.54, 1.807) is 0 Å². The molecule has 27 heavy (non-hydrogen) atoms. The molecular formula is C13H6F6O6S2. The van der Waals surface area contributed by atoms with Gasteiger partial charge in [-0.25, -0.2) is 34.7 Å². The van der Waals surface area contributed by atoms with Crippen LogP contribution in [-0.4, -0.2) is 23.6 Å². The zero-order chi connectivity index (χ0) is 20.6. The molecule has 0 saturated carbocycles. The highest BCUT2D eigenvalue weighted by atomic mass is 32.2. The highest BCUT2D eigenvalue weighted by Gasteiger charge is 2.28. The second-order valence-electron chi connectivity index (χ2n) is 4.61. The maximum absolute atomic E-state index is 13.5. The van der Waals surface area contributed by atoms with Gasteiger partial charge in [0.2, 0.25) is 0 Å². The zero-order valence-electron chi connectivity index (χ0n) is 12.6. The Bertz CT molecular complexity index is 1010. The van der Waals surface area contributed by atoms with Crippen molar-refractivity contribution in [3.05, 3.63) is 59.2 Å². The van der Waals surface area contributed by atoms with E-state index in [9.17, 15) is 43.2 Å². The van der Waals surface area contributed by atoms with E-state index in [-0.39, 0.29) is 12.1 Å². The van der Waals surface area contributed by atoms with E-state index in [0.717, 1.165) is 0 Å². The Morgan fingerprint density at radius 1 is 0.593 bits per heavy atom. The Hall–Kier alpha value is -2.16. The lowest BCUT2D eigenvalue weighted by Gasteiger charge is -2.09. The summed E-state index contributed by atoms with van der Waals surface area (Å²) in [5, 5.41) is 0. The van der Waals surface area contributed by atoms with Gasteiger partial charge >= 0.3 is 20.2 Å². The van der Waals surface area contributed by atoms with Crippen LogP contribution in [0.4, 0.5) is 26.3 Å². The summed E-state index contributed by atoms with van der Waals surface area (Å²) in [6.07, 6.45) is 0. The van der Waals surface area contributed by atoms with Crippen molar-refractivity contribution in [1.29, 1.82) is 0 Å². The lowest BCUT2D eigenvalue weighted by Crippen LogP contribution is -2.17. The molecule has 0 bridgehead atoms. The maximum atomic E-state index is 13.5. The molecule has 0 aromatic heterocycles. The van der Waals surface area contributed by atoms with E-state index in [4.69, 9.17) is 0 Å². The van der Waals surface area contributed by atoms with Crippen molar-refractivity contribution in [3.63, 3.8) is 0 Å². The van der Waals surface area contributed by atoms with Crippen molar-refractivity contribution in [2.75, 3.05) is 6.79 Å². The smallest absolute Gasteiger partial charge is 0.236 e. The van der Waals surface area contributed by atoms with E-state index < -0.39 is 71.7 Å². The summed E-state index contributed by atoms with van der Waals surface area (Å²) in [5.41, 5.74) is 0. The van der Waals surface area contributed by atoms with Gasteiger partial charge in [0, 0.05) is 0 Å². The van der Waals surface area contributed by atoms with Crippen LogP contribution >= 0.6 is 0 Å². The third kappa shape index (κ3) is 4.23. The summed E-state index contributed by atoms with van der Waals surface area (Å²) in [7, 11) is -10.3. The number of benzene rings is 2. The van der Waals surface area contributed by atoms with E-state index in [0.29, 0.717) is 12.1 Å². The fraction of sp³-hybridized carbons (Fsp3) is 0.0769. The van der Waals surface area contributed by atoms with E-state index >= 15 is 0 Å². The first-order chi connectivity index (χ1) is 12.4. The highest BCUT2D eigenvalue weighted by Crippen LogP contribution is 2.23. The van der Waals surface area contributed by atoms with Gasteiger partial charge < -0.3 is 0 Å². The van der Waals surface area contributed by atoms with Crippen LogP contribution in [0.15, 0.2) is 34.1 Å². The number of hydrogen-bond donors (Lipinski definition) is 0. The second-order valence-corrected chi connectivity index (χ2v) is 7.78. The van der Waals surface area contributed by atoms with Crippen LogP contribution in [0.1, 0.15) is 0 Å². The second kappa shape index (κ2) is 7.46. The Kier molecular flexibility index (Phi) is 5.84. The molecule has 0 amide bonds. The average molecular weight is 436 g/mol. The summed E-state index contributed by atoms with van der Waals surface area (Å²) in [6, 6.07) is 1.13. The van der Waals surface area contributed by atoms with E-state index in [1.165, 1.54) is 0 Å². The Morgan fingerprint density at radius 3 is 1.26 bits per heavy atom. The largest absolute Gasteiger partial charge is 0.302 e. The summed E-state index contributed by atoms with van der Waals surface area (Å²) < 4.78 is 133. The average Bonchev–Trinajstić information content (AvgIpc) is 2.56. The molecule has 0 saturated heterocycles. The minimum Gasteiger partial charge on any atom is -0.236 e. The molecule has 2 aromatic carbocycles. The third-order valence-electron chi connectivity index (χ3n) is 2.94. The standard InChI is InChI=1S/C13H6F6O6S2/c14-6-1-3-8(12(18)10(6)16)26(20,21)24-5-25-27(22,23)9-4-2-7(15)11(17)13(9)19/h1-4H,5H2. The van der Waals surface area contributed by atoms with Crippen molar-refractivity contribution < 1.29 is 51.5 Å². The molecule has 2 rings (SSSR count). The summed E-state index contributed by atoms with van der Waals surface area (Å²) >= 11 is 0. The van der Waals surface area contributed by atoms with Gasteiger partial charge in [-0.2, -0.15) is 16.8 Å². The van der Waals surface area contributed by atoms with Crippen LogP contribution in [0.2, 0.25) is 0 Å². The van der Waals surface area contributed by atoms with Crippen molar-refractivity contribution in [2.45, 2.75) is 9.79 Å². The third-order valence-corrected chi connectivity index (χ3v) is 5.47. The van der Waals surface area contributed by atoms with Gasteiger partial charge in [0.05, 0.1) is 0 Å². The van der Waals surface area contributed by atoms with Crippen LogP contribution in [0.25, 0.3) is 0 Å². The van der Waals surface area contributed by atoms with Crippen LogP contribution in [-0.2, 0) is 28.6 Å². The van der Waals surface area contributed by atoms with Crippen molar-refractivity contribution in [1.82, 2.24) is 0 Å². The molecule has 0 unspecified atom stereocenters. The number of rotatable bonds is 6. The quantitative estimate of drug-likeness (QED) is 0.300. The Morgan fingerprint density at radius 2 is 0.926 bits per heavy atom. The lowest BCUT2D eigenvalue weighted by molar-refractivity contribution is 0.131. The SMILES string of the molecule is O=S(=O)(OCOS(=O)(=O)c1ccc(F)c(F)c1F)c1ccc(F)c(F)c1F. The predicted octanol–water partition coefficient (Wildman–Crippen LogP) is 2.59. The van der Waals surface area contributed by atoms with E-state index in [1.807, 2.05) is 0 Å². The van der Waals surface area contributed by atoms with Gasteiger partial charge in [0.15, 0.2) is 41.7 Å².